The van der Waals surface area contributed by atoms with Crippen molar-refractivity contribution >= 4 is 11.6 Å². The fraction of sp³-hybridized carbons (Fsp3) is 0.467. The summed E-state index contributed by atoms with van der Waals surface area (Å²) < 4.78 is 5.37. The molecule has 5 heteroatoms. The Bertz CT molecular complexity index is 580. The van der Waals surface area contributed by atoms with Crippen molar-refractivity contribution in [2.45, 2.75) is 32.2 Å². The van der Waals surface area contributed by atoms with E-state index in [9.17, 15) is 0 Å². The molecule has 0 saturated heterocycles. The maximum absolute atomic E-state index is 5.98. The van der Waals surface area contributed by atoms with Crippen molar-refractivity contribution in [3.63, 3.8) is 0 Å². The van der Waals surface area contributed by atoms with E-state index in [2.05, 4.69) is 22.4 Å². The van der Waals surface area contributed by atoms with E-state index in [-0.39, 0.29) is 0 Å². The molecular weight excluding hydrogens is 274 g/mol. The van der Waals surface area contributed by atoms with Gasteiger partial charge in [0.15, 0.2) is 0 Å². The standard InChI is InChI=1S/C15H18ClN3O/c1-2-17-13(10-6-7-10)9-14-18-15(19-20-14)11-4-3-5-12(16)8-11/h3-5,8,10,13,17H,2,6-7,9H2,1H3. The Morgan fingerprint density at radius 2 is 2.30 bits per heavy atom. The van der Waals surface area contributed by atoms with E-state index in [4.69, 9.17) is 16.1 Å². The molecule has 4 nitrogen and oxygen atoms in total. The van der Waals surface area contributed by atoms with Crippen LogP contribution >= 0.6 is 11.6 Å². The minimum Gasteiger partial charge on any atom is -0.339 e. The first-order valence-corrected chi connectivity index (χ1v) is 7.46. The molecule has 3 rings (SSSR count). The van der Waals surface area contributed by atoms with Crippen LogP contribution in [-0.4, -0.2) is 22.7 Å². The van der Waals surface area contributed by atoms with Crippen LogP contribution in [0.3, 0.4) is 0 Å². The van der Waals surface area contributed by atoms with Crippen molar-refractivity contribution in [3.05, 3.63) is 35.2 Å². The topological polar surface area (TPSA) is 51.0 Å². The Kier molecular flexibility index (Phi) is 4.03. The van der Waals surface area contributed by atoms with Crippen molar-refractivity contribution < 1.29 is 4.52 Å². The first kappa shape index (κ1) is 13.6. The lowest BCUT2D eigenvalue weighted by Crippen LogP contribution is -2.33. The molecule has 1 aromatic carbocycles. The summed E-state index contributed by atoms with van der Waals surface area (Å²) in [6.45, 7) is 3.09. The van der Waals surface area contributed by atoms with Gasteiger partial charge in [-0.3, -0.25) is 0 Å². The van der Waals surface area contributed by atoms with E-state index in [0.717, 1.165) is 24.4 Å². The molecule has 1 N–H and O–H groups in total. The molecule has 1 aliphatic rings. The van der Waals surface area contributed by atoms with Gasteiger partial charge >= 0.3 is 0 Å². The molecule has 0 bridgehead atoms. The first-order valence-electron chi connectivity index (χ1n) is 7.08. The zero-order chi connectivity index (χ0) is 13.9. The second-order valence-electron chi connectivity index (χ2n) is 5.23. The fourth-order valence-corrected chi connectivity index (χ4v) is 2.63. The Morgan fingerprint density at radius 1 is 1.45 bits per heavy atom. The third kappa shape index (κ3) is 3.19. The van der Waals surface area contributed by atoms with Gasteiger partial charge in [-0.2, -0.15) is 4.98 Å². The molecule has 0 spiro atoms. The van der Waals surface area contributed by atoms with Gasteiger partial charge in [-0.05, 0) is 37.4 Å². The number of likely N-dealkylation sites (N-methyl/N-ethyl adjacent to an activating group) is 1. The van der Waals surface area contributed by atoms with Crippen LogP contribution in [0, 0.1) is 5.92 Å². The van der Waals surface area contributed by atoms with Crippen LogP contribution in [0.15, 0.2) is 28.8 Å². The average molecular weight is 292 g/mol. The third-order valence-corrected chi connectivity index (χ3v) is 3.84. The number of halogens is 1. The number of hydrogen-bond acceptors (Lipinski definition) is 4. The number of aromatic nitrogens is 2. The maximum Gasteiger partial charge on any atom is 0.228 e. The number of hydrogen-bond donors (Lipinski definition) is 1. The Hall–Kier alpha value is -1.39. The summed E-state index contributed by atoms with van der Waals surface area (Å²) in [7, 11) is 0. The zero-order valence-corrected chi connectivity index (χ0v) is 12.2. The van der Waals surface area contributed by atoms with E-state index in [0.29, 0.717) is 22.8 Å². The molecule has 1 saturated carbocycles. The second kappa shape index (κ2) is 5.94. The highest BCUT2D eigenvalue weighted by Crippen LogP contribution is 2.34. The molecule has 1 aromatic heterocycles. The van der Waals surface area contributed by atoms with E-state index in [1.807, 2.05) is 24.3 Å². The van der Waals surface area contributed by atoms with Crippen LogP contribution in [0.4, 0.5) is 0 Å². The molecule has 1 atom stereocenters. The van der Waals surface area contributed by atoms with Gasteiger partial charge in [0.1, 0.15) is 0 Å². The van der Waals surface area contributed by atoms with Crippen LogP contribution in [0.25, 0.3) is 11.4 Å². The molecule has 0 amide bonds. The molecule has 2 aromatic rings. The Labute approximate surface area is 123 Å². The van der Waals surface area contributed by atoms with Crippen LogP contribution in [0.5, 0.6) is 0 Å². The van der Waals surface area contributed by atoms with E-state index in [1.54, 1.807) is 0 Å². The highest BCUT2D eigenvalue weighted by Gasteiger charge is 2.31. The van der Waals surface area contributed by atoms with Gasteiger partial charge in [0, 0.05) is 23.0 Å². The highest BCUT2D eigenvalue weighted by molar-refractivity contribution is 6.30. The molecule has 1 heterocycles. The highest BCUT2D eigenvalue weighted by atomic mass is 35.5. The molecule has 0 radical (unpaired) electrons. The van der Waals surface area contributed by atoms with Gasteiger partial charge in [0.2, 0.25) is 11.7 Å². The number of benzene rings is 1. The monoisotopic (exact) mass is 291 g/mol. The van der Waals surface area contributed by atoms with Crippen molar-refractivity contribution in [2.24, 2.45) is 5.92 Å². The minimum atomic E-state index is 0.452. The van der Waals surface area contributed by atoms with Crippen molar-refractivity contribution in [1.82, 2.24) is 15.5 Å². The van der Waals surface area contributed by atoms with Gasteiger partial charge in [-0.1, -0.05) is 35.8 Å². The van der Waals surface area contributed by atoms with Crippen LogP contribution in [-0.2, 0) is 6.42 Å². The molecular formula is C15H18ClN3O. The smallest absolute Gasteiger partial charge is 0.228 e. The van der Waals surface area contributed by atoms with Gasteiger partial charge in [-0.15, -0.1) is 0 Å². The summed E-state index contributed by atoms with van der Waals surface area (Å²) >= 11 is 5.98. The maximum atomic E-state index is 5.98. The molecule has 106 valence electrons. The second-order valence-corrected chi connectivity index (χ2v) is 5.66. The number of nitrogens with zero attached hydrogens (tertiary/aromatic N) is 2. The van der Waals surface area contributed by atoms with Crippen LogP contribution < -0.4 is 5.32 Å². The summed E-state index contributed by atoms with van der Waals surface area (Å²) in [5.41, 5.74) is 0.888. The van der Waals surface area contributed by atoms with Crippen LogP contribution in [0.1, 0.15) is 25.7 Å². The lowest BCUT2D eigenvalue weighted by molar-refractivity contribution is 0.348. The Morgan fingerprint density at radius 3 is 3.00 bits per heavy atom. The number of nitrogens with one attached hydrogen (secondary N) is 1. The predicted octanol–water partition coefficient (Wildman–Crippen LogP) is 3.32. The minimum absolute atomic E-state index is 0.452. The van der Waals surface area contributed by atoms with Gasteiger partial charge in [-0.25, -0.2) is 0 Å². The fourth-order valence-electron chi connectivity index (χ4n) is 2.44. The summed E-state index contributed by atoms with van der Waals surface area (Å²) in [6.07, 6.45) is 3.39. The van der Waals surface area contributed by atoms with Crippen molar-refractivity contribution in [3.8, 4) is 11.4 Å². The molecule has 1 unspecified atom stereocenters. The van der Waals surface area contributed by atoms with E-state index in [1.165, 1.54) is 12.8 Å². The number of rotatable bonds is 6. The average Bonchev–Trinajstić information content (AvgIpc) is 3.18. The molecule has 0 aliphatic heterocycles. The predicted molar refractivity (Wildman–Crippen MR) is 78.6 cm³/mol. The summed E-state index contributed by atoms with van der Waals surface area (Å²) in [4.78, 5) is 4.48. The van der Waals surface area contributed by atoms with Gasteiger partial charge < -0.3 is 9.84 Å². The SMILES string of the molecule is CCNC(Cc1nc(-c2cccc(Cl)c2)no1)C1CC1. The molecule has 1 aliphatic carbocycles. The van der Waals surface area contributed by atoms with Crippen molar-refractivity contribution in [1.29, 1.82) is 0 Å². The lowest BCUT2D eigenvalue weighted by atomic mass is 10.1. The quantitative estimate of drug-likeness (QED) is 0.887. The Balaban J connectivity index is 1.73. The summed E-state index contributed by atoms with van der Waals surface area (Å²) in [6, 6.07) is 7.95. The molecule has 1 fully saturated rings. The van der Waals surface area contributed by atoms with Gasteiger partial charge in [0.25, 0.3) is 0 Å². The normalized spacial score (nSPS) is 16.3. The largest absolute Gasteiger partial charge is 0.339 e. The summed E-state index contributed by atoms with van der Waals surface area (Å²) in [5.74, 6) is 2.06. The van der Waals surface area contributed by atoms with Crippen LogP contribution in [0.2, 0.25) is 5.02 Å². The van der Waals surface area contributed by atoms with Crippen molar-refractivity contribution in [2.75, 3.05) is 6.54 Å². The van der Waals surface area contributed by atoms with Gasteiger partial charge in [0.05, 0.1) is 0 Å². The lowest BCUT2D eigenvalue weighted by Gasteiger charge is -2.14. The third-order valence-electron chi connectivity index (χ3n) is 3.60. The van der Waals surface area contributed by atoms with E-state index >= 15 is 0 Å². The summed E-state index contributed by atoms with van der Waals surface area (Å²) in [5, 5.41) is 8.23. The zero-order valence-electron chi connectivity index (χ0n) is 11.5. The van der Waals surface area contributed by atoms with E-state index < -0.39 is 0 Å². The first-order chi connectivity index (χ1) is 9.76. The molecule has 20 heavy (non-hydrogen) atoms.